The molecular weight excluding hydrogens is 410 g/mol. The highest BCUT2D eigenvalue weighted by Gasteiger charge is 2.20. The molecule has 33 heavy (non-hydrogen) atoms. The second-order valence-electron chi connectivity index (χ2n) is 8.62. The maximum absolute atomic E-state index is 13.1. The zero-order valence-corrected chi connectivity index (χ0v) is 18.9. The van der Waals surface area contributed by atoms with Crippen LogP contribution >= 0.6 is 0 Å². The fraction of sp³-hybridized carbons (Fsp3) is 0.259. The van der Waals surface area contributed by atoms with Gasteiger partial charge >= 0.3 is 0 Å². The van der Waals surface area contributed by atoms with E-state index >= 15 is 0 Å². The van der Waals surface area contributed by atoms with Crippen molar-refractivity contribution in [3.05, 3.63) is 102 Å². The number of hydrogen-bond acceptors (Lipinski definition) is 3. The zero-order valence-electron chi connectivity index (χ0n) is 18.9. The van der Waals surface area contributed by atoms with E-state index in [1.165, 1.54) is 16.7 Å². The molecule has 168 valence electrons. The van der Waals surface area contributed by atoms with Gasteiger partial charge in [0, 0.05) is 38.6 Å². The van der Waals surface area contributed by atoms with E-state index in [2.05, 4.69) is 58.6 Å². The number of rotatable bonds is 7. The standard InChI is InChI=1S/C27H29N5O/c1-21-9-11-24(12-10-21)32-27(31-16-4-5-17-31)25(19-29-32)26(33)28-14-6-15-30-18-13-22-7-2-3-8-23(22)20-30/h2-5,7-12,16-17,19H,6,13-15,18,20H2,1H3,(H,28,33). The predicted octanol–water partition coefficient (Wildman–Crippen LogP) is 4.15. The minimum absolute atomic E-state index is 0.0962. The van der Waals surface area contributed by atoms with Crippen molar-refractivity contribution in [1.29, 1.82) is 0 Å². The molecule has 0 fully saturated rings. The van der Waals surface area contributed by atoms with Gasteiger partial charge in [-0.15, -0.1) is 0 Å². The Labute approximate surface area is 194 Å². The van der Waals surface area contributed by atoms with Gasteiger partial charge in [0.15, 0.2) is 5.82 Å². The molecule has 1 aliphatic heterocycles. The monoisotopic (exact) mass is 439 g/mol. The van der Waals surface area contributed by atoms with Gasteiger partial charge in [0.1, 0.15) is 5.56 Å². The number of carbonyl (C=O) groups is 1. The number of amides is 1. The molecule has 0 spiro atoms. The summed E-state index contributed by atoms with van der Waals surface area (Å²) in [6.07, 6.45) is 7.55. The highest BCUT2D eigenvalue weighted by atomic mass is 16.1. The molecule has 1 N–H and O–H groups in total. The summed E-state index contributed by atoms with van der Waals surface area (Å²) in [7, 11) is 0. The van der Waals surface area contributed by atoms with Crippen LogP contribution in [0.3, 0.4) is 0 Å². The van der Waals surface area contributed by atoms with Gasteiger partial charge in [-0.2, -0.15) is 5.10 Å². The minimum atomic E-state index is -0.0962. The predicted molar refractivity (Wildman–Crippen MR) is 130 cm³/mol. The molecule has 5 rings (SSSR count). The van der Waals surface area contributed by atoms with Gasteiger partial charge in [-0.3, -0.25) is 9.69 Å². The van der Waals surface area contributed by atoms with Crippen LogP contribution in [0.1, 0.15) is 33.5 Å². The molecule has 3 heterocycles. The van der Waals surface area contributed by atoms with E-state index in [-0.39, 0.29) is 5.91 Å². The summed E-state index contributed by atoms with van der Waals surface area (Å²) in [5.74, 6) is 0.648. The molecule has 0 unspecified atom stereocenters. The van der Waals surface area contributed by atoms with Crippen molar-refractivity contribution >= 4 is 5.91 Å². The summed E-state index contributed by atoms with van der Waals surface area (Å²) in [5.41, 5.74) is 5.56. The number of carbonyl (C=O) groups excluding carboxylic acids is 1. The highest BCUT2D eigenvalue weighted by molar-refractivity contribution is 5.97. The second-order valence-corrected chi connectivity index (χ2v) is 8.62. The van der Waals surface area contributed by atoms with E-state index in [0.29, 0.717) is 12.1 Å². The van der Waals surface area contributed by atoms with Crippen molar-refractivity contribution in [2.24, 2.45) is 0 Å². The van der Waals surface area contributed by atoms with Crippen LogP contribution in [0.2, 0.25) is 0 Å². The Morgan fingerprint density at radius 2 is 1.76 bits per heavy atom. The van der Waals surface area contributed by atoms with Crippen molar-refractivity contribution in [2.75, 3.05) is 19.6 Å². The second kappa shape index (κ2) is 9.46. The first kappa shape index (κ1) is 21.2. The Hall–Kier alpha value is -3.64. The molecular formula is C27H29N5O. The van der Waals surface area contributed by atoms with Gasteiger partial charge in [0.25, 0.3) is 5.91 Å². The number of benzene rings is 2. The third kappa shape index (κ3) is 4.61. The Morgan fingerprint density at radius 3 is 2.55 bits per heavy atom. The van der Waals surface area contributed by atoms with E-state index in [0.717, 1.165) is 44.0 Å². The number of fused-ring (bicyclic) bond motifs is 1. The Kier molecular flexibility index (Phi) is 6.09. The Bertz CT molecular complexity index is 1220. The summed E-state index contributed by atoms with van der Waals surface area (Å²) in [6.45, 7) is 5.73. The molecule has 1 amide bonds. The van der Waals surface area contributed by atoms with Crippen LogP contribution in [0.25, 0.3) is 11.5 Å². The molecule has 6 heteroatoms. The molecule has 0 atom stereocenters. The normalized spacial score (nSPS) is 13.6. The third-order valence-electron chi connectivity index (χ3n) is 6.26. The van der Waals surface area contributed by atoms with Crippen molar-refractivity contribution in [3.63, 3.8) is 0 Å². The Balaban J connectivity index is 1.24. The first-order valence-electron chi connectivity index (χ1n) is 11.5. The SMILES string of the molecule is Cc1ccc(-n2ncc(C(=O)NCCCN3CCc4ccccc4C3)c2-n2cccc2)cc1. The maximum atomic E-state index is 13.1. The van der Waals surface area contributed by atoms with Gasteiger partial charge in [0.2, 0.25) is 0 Å². The number of hydrogen-bond donors (Lipinski definition) is 1. The van der Waals surface area contributed by atoms with E-state index < -0.39 is 0 Å². The number of nitrogens with zero attached hydrogens (tertiary/aromatic N) is 4. The van der Waals surface area contributed by atoms with Crippen LogP contribution in [-0.4, -0.2) is 44.8 Å². The summed E-state index contributed by atoms with van der Waals surface area (Å²) in [4.78, 5) is 15.6. The lowest BCUT2D eigenvalue weighted by Crippen LogP contribution is -2.33. The number of aromatic nitrogens is 3. The first-order chi connectivity index (χ1) is 16.2. The van der Waals surface area contributed by atoms with Gasteiger partial charge in [0.05, 0.1) is 11.9 Å². The van der Waals surface area contributed by atoms with E-state index in [1.54, 1.807) is 6.20 Å². The third-order valence-corrected chi connectivity index (χ3v) is 6.26. The lowest BCUT2D eigenvalue weighted by atomic mass is 10.00. The first-order valence-corrected chi connectivity index (χ1v) is 11.5. The molecule has 0 radical (unpaired) electrons. The van der Waals surface area contributed by atoms with Crippen molar-refractivity contribution < 1.29 is 4.79 Å². The summed E-state index contributed by atoms with van der Waals surface area (Å²) >= 11 is 0. The lowest BCUT2D eigenvalue weighted by molar-refractivity contribution is 0.0951. The Morgan fingerprint density at radius 1 is 1.00 bits per heavy atom. The van der Waals surface area contributed by atoms with Crippen LogP contribution in [-0.2, 0) is 13.0 Å². The van der Waals surface area contributed by atoms with Gasteiger partial charge in [-0.05, 0) is 55.2 Å². The molecule has 2 aromatic carbocycles. The van der Waals surface area contributed by atoms with Crippen LogP contribution in [0.4, 0.5) is 0 Å². The molecule has 4 aromatic rings. The van der Waals surface area contributed by atoms with Crippen molar-refractivity contribution in [3.8, 4) is 11.5 Å². The summed E-state index contributed by atoms with van der Waals surface area (Å²) in [5, 5.41) is 7.64. The number of nitrogens with one attached hydrogen (secondary N) is 1. The van der Waals surface area contributed by atoms with Crippen LogP contribution < -0.4 is 5.32 Å². The van der Waals surface area contributed by atoms with Gasteiger partial charge < -0.3 is 9.88 Å². The van der Waals surface area contributed by atoms with E-state index in [4.69, 9.17) is 0 Å². The molecule has 0 bridgehead atoms. The fourth-order valence-electron chi connectivity index (χ4n) is 4.45. The minimum Gasteiger partial charge on any atom is -0.352 e. The molecule has 0 aliphatic carbocycles. The van der Waals surface area contributed by atoms with Gasteiger partial charge in [-0.1, -0.05) is 42.0 Å². The van der Waals surface area contributed by atoms with Crippen LogP contribution in [0.5, 0.6) is 0 Å². The van der Waals surface area contributed by atoms with Crippen molar-refractivity contribution in [1.82, 2.24) is 24.6 Å². The average molecular weight is 440 g/mol. The maximum Gasteiger partial charge on any atom is 0.256 e. The van der Waals surface area contributed by atoms with Crippen LogP contribution in [0.15, 0.2) is 79.3 Å². The van der Waals surface area contributed by atoms with Crippen LogP contribution in [0, 0.1) is 6.92 Å². The van der Waals surface area contributed by atoms with E-state index in [9.17, 15) is 4.79 Å². The molecule has 2 aromatic heterocycles. The topological polar surface area (TPSA) is 55.1 Å². The highest BCUT2D eigenvalue weighted by Crippen LogP contribution is 2.21. The number of aryl methyl sites for hydroxylation is 1. The van der Waals surface area contributed by atoms with Crippen molar-refractivity contribution in [2.45, 2.75) is 26.3 Å². The molecule has 1 aliphatic rings. The molecule has 6 nitrogen and oxygen atoms in total. The molecule has 0 saturated carbocycles. The fourth-order valence-corrected chi connectivity index (χ4v) is 4.45. The average Bonchev–Trinajstić information content (AvgIpc) is 3.52. The van der Waals surface area contributed by atoms with E-state index in [1.807, 2.05) is 45.9 Å². The summed E-state index contributed by atoms with van der Waals surface area (Å²) < 4.78 is 3.76. The quantitative estimate of drug-likeness (QED) is 0.440. The smallest absolute Gasteiger partial charge is 0.256 e. The largest absolute Gasteiger partial charge is 0.352 e. The zero-order chi connectivity index (χ0) is 22.6. The van der Waals surface area contributed by atoms with Gasteiger partial charge in [-0.25, -0.2) is 4.68 Å². The molecule has 0 saturated heterocycles. The lowest BCUT2D eigenvalue weighted by Gasteiger charge is -2.28. The summed E-state index contributed by atoms with van der Waals surface area (Å²) in [6, 6.07) is 20.7.